The highest BCUT2D eigenvalue weighted by molar-refractivity contribution is 7.09. The number of rotatable bonds is 5. The summed E-state index contributed by atoms with van der Waals surface area (Å²) in [6, 6.07) is 9.69. The highest BCUT2D eigenvalue weighted by Crippen LogP contribution is 2.03. The van der Waals surface area contributed by atoms with Gasteiger partial charge < -0.3 is 10.6 Å². The molecular formula is C13H15N3OS. The van der Waals surface area contributed by atoms with Gasteiger partial charge in [-0.25, -0.2) is 9.78 Å². The van der Waals surface area contributed by atoms with Gasteiger partial charge in [0.15, 0.2) is 0 Å². The summed E-state index contributed by atoms with van der Waals surface area (Å²) in [5.74, 6) is 0. The van der Waals surface area contributed by atoms with Gasteiger partial charge in [0.1, 0.15) is 0 Å². The predicted molar refractivity (Wildman–Crippen MR) is 72.5 cm³/mol. The smallest absolute Gasteiger partial charge is 0.315 e. The van der Waals surface area contributed by atoms with E-state index in [-0.39, 0.29) is 6.03 Å². The van der Waals surface area contributed by atoms with Crippen LogP contribution < -0.4 is 10.6 Å². The monoisotopic (exact) mass is 261 g/mol. The summed E-state index contributed by atoms with van der Waals surface area (Å²) in [6.07, 6.45) is 2.55. The van der Waals surface area contributed by atoms with Crippen molar-refractivity contribution in [2.24, 2.45) is 0 Å². The Balaban J connectivity index is 1.63. The van der Waals surface area contributed by atoms with Crippen molar-refractivity contribution in [3.8, 4) is 0 Å². The number of carbonyl (C=O) groups excluding carboxylic acids is 1. The molecule has 1 aromatic carbocycles. The Labute approximate surface area is 110 Å². The lowest BCUT2D eigenvalue weighted by atomic mass is 10.2. The van der Waals surface area contributed by atoms with E-state index in [1.165, 1.54) is 0 Å². The van der Waals surface area contributed by atoms with Gasteiger partial charge in [-0.15, -0.1) is 11.3 Å². The van der Waals surface area contributed by atoms with Crippen LogP contribution in [0.15, 0.2) is 41.9 Å². The van der Waals surface area contributed by atoms with Crippen molar-refractivity contribution in [2.75, 3.05) is 6.54 Å². The number of hydrogen-bond donors (Lipinski definition) is 2. The first-order chi connectivity index (χ1) is 8.84. The van der Waals surface area contributed by atoms with Gasteiger partial charge in [0.05, 0.1) is 5.01 Å². The van der Waals surface area contributed by atoms with Crippen LogP contribution in [0, 0.1) is 0 Å². The first kappa shape index (κ1) is 12.6. The average Bonchev–Trinajstić information content (AvgIpc) is 2.91. The number of hydrogen-bond acceptors (Lipinski definition) is 3. The largest absolute Gasteiger partial charge is 0.338 e. The fourth-order valence-corrected chi connectivity index (χ4v) is 2.12. The molecule has 0 aliphatic heterocycles. The molecule has 0 saturated carbocycles. The highest BCUT2D eigenvalue weighted by atomic mass is 32.1. The van der Waals surface area contributed by atoms with Gasteiger partial charge in [-0.2, -0.15) is 0 Å². The molecule has 94 valence electrons. The Kier molecular flexibility index (Phi) is 4.72. The van der Waals surface area contributed by atoms with E-state index in [0.717, 1.165) is 17.0 Å². The standard InChI is InChI=1S/C13H15N3OS/c17-13(15-7-6-12-14-8-9-18-12)16-10-11-4-2-1-3-5-11/h1-5,8-9H,6-7,10H2,(H2,15,16,17). The van der Waals surface area contributed by atoms with Gasteiger partial charge in [-0.1, -0.05) is 30.3 Å². The second-order valence-corrected chi connectivity index (χ2v) is 4.75. The minimum atomic E-state index is -0.143. The van der Waals surface area contributed by atoms with Crippen molar-refractivity contribution in [1.29, 1.82) is 0 Å². The van der Waals surface area contributed by atoms with Crippen LogP contribution in [0.4, 0.5) is 4.79 Å². The lowest BCUT2D eigenvalue weighted by molar-refractivity contribution is 0.240. The molecule has 4 nitrogen and oxygen atoms in total. The van der Waals surface area contributed by atoms with E-state index in [1.54, 1.807) is 17.5 Å². The number of aromatic nitrogens is 1. The van der Waals surface area contributed by atoms with Crippen LogP contribution in [0.2, 0.25) is 0 Å². The zero-order valence-corrected chi connectivity index (χ0v) is 10.7. The van der Waals surface area contributed by atoms with E-state index < -0.39 is 0 Å². The summed E-state index contributed by atoms with van der Waals surface area (Å²) in [5, 5.41) is 8.60. The van der Waals surface area contributed by atoms with E-state index >= 15 is 0 Å². The van der Waals surface area contributed by atoms with Crippen LogP contribution in [0.1, 0.15) is 10.6 Å². The van der Waals surface area contributed by atoms with Gasteiger partial charge in [0.2, 0.25) is 0 Å². The summed E-state index contributed by atoms with van der Waals surface area (Å²) in [5.41, 5.74) is 1.09. The highest BCUT2D eigenvalue weighted by Gasteiger charge is 2.00. The van der Waals surface area contributed by atoms with E-state index in [9.17, 15) is 4.79 Å². The third-order valence-corrected chi connectivity index (χ3v) is 3.24. The number of nitrogens with zero attached hydrogens (tertiary/aromatic N) is 1. The van der Waals surface area contributed by atoms with Gasteiger partial charge in [-0.3, -0.25) is 0 Å². The molecule has 0 unspecified atom stereocenters. The van der Waals surface area contributed by atoms with Gasteiger partial charge in [0, 0.05) is 31.1 Å². The SMILES string of the molecule is O=C(NCCc1nccs1)NCc1ccccc1. The average molecular weight is 261 g/mol. The fraction of sp³-hybridized carbons (Fsp3) is 0.231. The summed E-state index contributed by atoms with van der Waals surface area (Å²) in [4.78, 5) is 15.7. The molecule has 0 saturated heterocycles. The predicted octanol–water partition coefficient (Wildman–Crippen LogP) is 2.19. The van der Waals surface area contributed by atoms with Crippen molar-refractivity contribution >= 4 is 17.4 Å². The normalized spacial score (nSPS) is 10.0. The quantitative estimate of drug-likeness (QED) is 0.867. The molecule has 0 radical (unpaired) electrons. The van der Waals surface area contributed by atoms with Crippen LogP contribution in [0.25, 0.3) is 0 Å². The van der Waals surface area contributed by atoms with Gasteiger partial charge in [-0.05, 0) is 5.56 Å². The lowest BCUT2D eigenvalue weighted by Gasteiger charge is -2.06. The van der Waals surface area contributed by atoms with Crippen molar-refractivity contribution in [2.45, 2.75) is 13.0 Å². The molecule has 0 spiro atoms. The van der Waals surface area contributed by atoms with Crippen LogP contribution in [-0.4, -0.2) is 17.6 Å². The second kappa shape index (κ2) is 6.76. The molecule has 18 heavy (non-hydrogen) atoms. The molecule has 0 fully saturated rings. The minimum Gasteiger partial charge on any atom is -0.338 e. The van der Waals surface area contributed by atoms with Crippen molar-refractivity contribution < 1.29 is 4.79 Å². The van der Waals surface area contributed by atoms with Crippen molar-refractivity contribution in [1.82, 2.24) is 15.6 Å². The Bertz CT molecular complexity index is 470. The second-order valence-electron chi connectivity index (χ2n) is 3.77. The van der Waals surface area contributed by atoms with Crippen LogP contribution >= 0.6 is 11.3 Å². The zero-order valence-electron chi connectivity index (χ0n) is 9.93. The number of nitrogens with one attached hydrogen (secondary N) is 2. The molecule has 1 aromatic heterocycles. The molecule has 0 aliphatic rings. The summed E-state index contributed by atoms with van der Waals surface area (Å²) < 4.78 is 0. The van der Waals surface area contributed by atoms with Crippen molar-refractivity contribution in [3.05, 3.63) is 52.5 Å². The fourth-order valence-electron chi connectivity index (χ4n) is 1.50. The van der Waals surface area contributed by atoms with Crippen LogP contribution in [0.5, 0.6) is 0 Å². The number of amides is 2. The summed E-state index contributed by atoms with van der Waals surface area (Å²) in [6.45, 7) is 1.15. The minimum absolute atomic E-state index is 0.143. The first-order valence-corrected chi connectivity index (χ1v) is 6.66. The Morgan fingerprint density at radius 1 is 1.22 bits per heavy atom. The first-order valence-electron chi connectivity index (χ1n) is 5.78. The van der Waals surface area contributed by atoms with Crippen LogP contribution in [0.3, 0.4) is 0 Å². The van der Waals surface area contributed by atoms with E-state index in [2.05, 4.69) is 15.6 Å². The number of carbonyl (C=O) groups is 1. The Hall–Kier alpha value is -1.88. The molecule has 2 N–H and O–H groups in total. The van der Waals surface area contributed by atoms with Gasteiger partial charge >= 0.3 is 6.03 Å². The summed E-state index contributed by atoms with van der Waals surface area (Å²) >= 11 is 1.60. The Morgan fingerprint density at radius 3 is 2.78 bits per heavy atom. The molecule has 2 aromatic rings. The topological polar surface area (TPSA) is 54.0 Å². The number of urea groups is 1. The maximum atomic E-state index is 11.5. The number of thiazole rings is 1. The van der Waals surface area contributed by atoms with Gasteiger partial charge in [0.25, 0.3) is 0 Å². The van der Waals surface area contributed by atoms with E-state index in [0.29, 0.717) is 13.1 Å². The Morgan fingerprint density at radius 2 is 2.06 bits per heavy atom. The summed E-state index contributed by atoms with van der Waals surface area (Å²) in [7, 11) is 0. The molecule has 5 heteroatoms. The maximum absolute atomic E-state index is 11.5. The molecule has 0 atom stereocenters. The molecular weight excluding hydrogens is 246 g/mol. The number of benzene rings is 1. The molecule has 2 amide bonds. The van der Waals surface area contributed by atoms with E-state index in [4.69, 9.17) is 0 Å². The van der Waals surface area contributed by atoms with Crippen molar-refractivity contribution in [3.63, 3.8) is 0 Å². The third-order valence-electron chi connectivity index (χ3n) is 2.40. The molecule has 0 bridgehead atoms. The van der Waals surface area contributed by atoms with E-state index in [1.807, 2.05) is 35.7 Å². The zero-order chi connectivity index (χ0) is 12.6. The molecule has 0 aliphatic carbocycles. The maximum Gasteiger partial charge on any atom is 0.315 e. The lowest BCUT2D eigenvalue weighted by Crippen LogP contribution is -2.36. The molecule has 2 rings (SSSR count). The van der Waals surface area contributed by atoms with Crippen LogP contribution in [-0.2, 0) is 13.0 Å². The molecule has 1 heterocycles. The third kappa shape index (κ3) is 4.18.